The predicted molar refractivity (Wildman–Crippen MR) is 121 cm³/mol. The van der Waals surface area contributed by atoms with E-state index in [1.165, 1.54) is 31.5 Å². The van der Waals surface area contributed by atoms with Crippen molar-refractivity contribution in [2.45, 2.75) is 57.8 Å². The summed E-state index contributed by atoms with van der Waals surface area (Å²) < 4.78 is 1.96. The molecule has 0 unspecified atom stereocenters. The summed E-state index contributed by atoms with van der Waals surface area (Å²) >= 11 is 0. The Morgan fingerprint density at radius 3 is 2.53 bits per heavy atom. The van der Waals surface area contributed by atoms with Gasteiger partial charge in [0, 0.05) is 62.7 Å². The van der Waals surface area contributed by atoms with Crippen LogP contribution in [0.2, 0.25) is 0 Å². The molecule has 6 nitrogen and oxygen atoms in total. The van der Waals surface area contributed by atoms with E-state index in [0.29, 0.717) is 18.1 Å². The highest BCUT2D eigenvalue weighted by atomic mass is 16.3. The van der Waals surface area contributed by atoms with Crippen molar-refractivity contribution in [1.29, 1.82) is 0 Å². The van der Waals surface area contributed by atoms with E-state index in [-0.39, 0.29) is 6.61 Å². The highest BCUT2D eigenvalue weighted by Gasteiger charge is 2.33. The first-order chi connectivity index (χ1) is 14.6. The summed E-state index contributed by atoms with van der Waals surface area (Å²) in [6.07, 6.45) is 7.50. The molecule has 2 aliphatic rings. The largest absolute Gasteiger partial charge is 0.396 e. The van der Waals surface area contributed by atoms with Gasteiger partial charge in [-0.05, 0) is 58.3 Å². The van der Waals surface area contributed by atoms with Crippen LogP contribution >= 0.6 is 0 Å². The Hall–Kier alpha value is -1.73. The normalized spacial score (nSPS) is 22.7. The Morgan fingerprint density at radius 2 is 1.83 bits per heavy atom. The van der Waals surface area contributed by atoms with Gasteiger partial charge in [0.15, 0.2) is 0 Å². The maximum Gasteiger partial charge on any atom is 0.0645 e. The van der Waals surface area contributed by atoms with Crippen LogP contribution in [-0.2, 0) is 6.54 Å². The summed E-state index contributed by atoms with van der Waals surface area (Å²) in [4.78, 5) is 7.84. The second-order valence-corrected chi connectivity index (χ2v) is 9.13. The molecule has 0 saturated carbocycles. The lowest BCUT2D eigenvalue weighted by molar-refractivity contribution is -0.0000322. The molecular weight excluding hydrogens is 374 g/mol. The van der Waals surface area contributed by atoms with Crippen LogP contribution < -0.4 is 0 Å². The van der Waals surface area contributed by atoms with E-state index in [1.807, 2.05) is 29.1 Å². The lowest BCUT2D eigenvalue weighted by Crippen LogP contribution is -2.58. The lowest BCUT2D eigenvalue weighted by atomic mass is 9.97. The average molecular weight is 412 g/mol. The van der Waals surface area contributed by atoms with Crippen molar-refractivity contribution in [3.05, 3.63) is 48.3 Å². The summed E-state index contributed by atoms with van der Waals surface area (Å²) in [6.45, 7) is 11.4. The van der Waals surface area contributed by atoms with Crippen LogP contribution in [0.25, 0.3) is 5.69 Å². The Balaban J connectivity index is 1.35. The van der Waals surface area contributed by atoms with Gasteiger partial charge < -0.3 is 10.0 Å². The second kappa shape index (κ2) is 10.1. The molecule has 1 atom stereocenters. The number of aromatic nitrogens is 2. The van der Waals surface area contributed by atoms with E-state index in [4.69, 9.17) is 0 Å². The Labute approximate surface area is 181 Å². The first-order valence-electron chi connectivity index (χ1n) is 11.6. The van der Waals surface area contributed by atoms with Crippen LogP contribution in [0.1, 0.15) is 38.7 Å². The third kappa shape index (κ3) is 5.11. The molecule has 2 fully saturated rings. The van der Waals surface area contributed by atoms with Crippen LogP contribution in [0.3, 0.4) is 0 Å². The zero-order chi connectivity index (χ0) is 20.9. The summed E-state index contributed by atoms with van der Waals surface area (Å²) in [5.41, 5.74) is 2.35. The van der Waals surface area contributed by atoms with Crippen molar-refractivity contribution in [3.63, 3.8) is 0 Å². The topological polar surface area (TPSA) is 47.8 Å². The number of benzene rings is 1. The lowest BCUT2D eigenvalue weighted by Gasteiger charge is -2.48. The molecule has 0 radical (unpaired) electrons. The first kappa shape index (κ1) is 21.5. The number of piperidine rings is 1. The van der Waals surface area contributed by atoms with Crippen LogP contribution in [-0.4, -0.2) is 87.0 Å². The number of para-hydroxylation sites is 1. The van der Waals surface area contributed by atoms with Crippen molar-refractivity contribution < 1.29 is 5.11 Å². The smallest absolute Gasteiger partial charge is 0.0645 e. The SMILES string of the molecule is CC(C)N1CCC(N2CCN(Cc3cnn(-c4ccccc4)c3)C[C@H]2CCO)CC1. The fourth-order valence-electron chi connectivity index (χ4n) is 5.12. The van der Waals surface area contributed by atoms with Gasteiger partial charge in [-0.15, -0.1) is 0 Å². The zero-order valence-electron chi connectivity index (χ0n) is 18.5. The third-order valence-electron chi connectivity index (χ3n) is 6.84. The van der Waals surface area contributed by atoms with Gasteiger partial charge in [-0.25, -0.2) is 4.68 Å². The molecule has 2 saturated heterocycles. The zero-order valence-corrected chi connectivity index (χ0v) is 18.5. The number of rotatable bonds is 7. The minimum atomic E-state index is 0.270. The maximum atomic E-state index is 9.69. The van der Waals surface area contributed by atoms with E-state index >= 15 is 0 Å². The summed E-state index contributed by atoms with van der Waals surface area (Å²) in [5, 5.41) is 14.2. The van der Waals surface area contributed by atoms with Gasteiger partial charge in [0.05, 0.1) is 11.9 Å². The van der Waals surface area contributed by atoms with Crippen LogP contribution in [0, 0.1) is 0 Å². The quantitative estimate of drug-likeness (QED) is 0.759. The van der Waals surface area contributed by atoms with Gasteiger partial charge in [0.2, 0.25) is 0 Å². The summed E-state index contributed by atoms with van der Waals surface area (Å²) in [7, 11) is 0. The van der Waals surface area contributed by atoms with Crippen molar-refractivity contribution >= 4 is 0 Å². The van der Waals surface area contributed by atoms with Gasteiger partial charge in [-0.2, -0.15) is 5.10 Å². The fourth-order valence-corrected chi connectivity index (χ4v) is 5.12. The minimum Gasteiger partial charge on any atom is -0.396 e. The number of aliphatic hydroxyl groups excluding tert-OH is 1. The molecule has 2 aromatic rings. The number of nitrogens with zero attached hydrogens (tertiary/aromatic N) is 5. The Bertz CT molecular complexity index is 769. The van der Waals surface area contributed by atoms with Gasteiger partial charge in [0.25, 0.3) is 0 Å². The molecule has 1 aromatic heterocycles. The van der Waals surface area contributed by atoms with Gasteiger partial charge in [-0.1, -0.05) is 18.2 Å². The van der Waals surface area contributed by atoms with Crippen molar-refractivity contribution in [2.75, 3.05) is 39.3 Å². The van der Waals surface area contributed by atoms with E-state index in [9.17, 15) is 5.11 Å². The molecule has 0 amide bonds. The van der Waals surface area contributed by atoms with E-state index in [2.05, 4.69) is 52.0 Å². The summed E-state index contributed by atoms with van der Waals surface area (Å²) in [6, 6.07) is 12.0. The highest BCUT2D eigenvalue weighted by molar-refractivity contribution is 5.30. The monoisotopic (exact) mass is 411 g/mol. The van der Waals surface area contributed by atoms with Crippen LogP contribution in [0.15, 0.2) is 42.7 Å². The molecule has 164 valence electrons. The maximum absolute atomic E-state index is 9.69. The molecular formula is C24H37N5O. The van der Waals surface area contributed by atoms with Crippen molar-refractivity contribution in [2.24, 2.45) is 0 Å². The number of likely N-dealkylation sites (tertiary alicyclic amines) is 1. The molecule has 1 N–H and O–H groups in total. The number of piperazine rings is 1. The van der Waals surface area contributed by atoms with E-state index in [1.54, 1.807) is 0 Å². The molecule has 6 heteroatoms. The molecule has 1 aromatic carbocycles. The molecule has 3 heterocycles. The van der Waals surface area contributed by atoms with Crippen molar-refractivity contribution in [1.82, 2.24) is 24.5 Å². The van der Waals surface area contributed by atoms with Crippen LogP contribution in [0.5, 0.6) is 0 Å². The Kier molecular flexibility index (Phi) is 7.20. The highest BCUT2D eigenvalue weighted by Crippen LogP contribution is 2.25. The number of hydrogen-bond acceptors (Lipinski definition) is 5. The third-order valence-corrected chi connectivity index (χ3v) is 6.84. The number of hydrogen-bond donors (Lipinski definition) is 1. The number of aliphatic hydroxyl groups is 1. The predicted octanol–water partition coefficient (Wildman–Crippen LogP) is 2.61. The minimum absolute atomic E-state index is 0.270. The van der Waals surface area contributed by atoms with Crippen LogP contribution in [0.4, 0.5) is 0 Å². The molecule has 0 bridgehead atoms. The fraction of sp³-hybridized carbons (Fsp3) is 0.625. The average Bonchev–Trinajstić information content (AvgIpc) is 3.23. The molecule has 0 spiro atoms. The van der Waals surface area contributed by atoms with E-state index in [0.717, 1.165) is 38.3 Å². The summed E-state index contributed by atoms with van der Waals surface area (Å²) in [5.74, 6) is 0. The standard InChI is InChI=1S/C24H37N5O/c1-20(2)27-11-8-22(9-12-27)28-14-13-26(19-24(28)10-15-30)17-21-16-25-29(18-21)23-6-4-3-5-7-23/h3-7,16,18,20,22,24,30H,8-15,17,19H2,1-2H3/t24-/m1/s1. The van der Waals surface area contributed by atoms with Gasteiger partial charge in [-0.3, -0.25) is 9.80 Å². The van der Waals surface area contributed by atoms with Crippen molar-refractivity contribution in [3.8, 4) is 5.69 Å². The van der Waals surface area contributed by atoms with E-state index < -0.39 is 0 Å². The first-order valence-corrected chi connectivity index (χ1v) is 11.6. The molecule has 2 aliphatic heterocycles. The molecule has 4 rings (SSSR count). The van der Waals surface area contributed by atoms with Gasteiger partial charge in [0.1, 0.15) is 0 Å². The molecule has 0 aliphatic carbocycles. The van der Waals surface area contributed by atoms with Gasteiger partial charge >= 0.3 is 0 Å². The second-order valence-electron chi connectivity index (χ2n) is 9.13. The Morgan fingerprint density at radius 1 is 1.07 bits per heavy atom. The molecule has 30 heavy (non-hydrogen) atoms.